The molecule has 0 radical (unpaired) electrons. The molecule has 2 aromatic rings. The Labute approximate surface area is 157 Å². The SMILES string of the molecule is C[C@@H]([C@H](c1ccccc1)C(C#N)CN1CCc2ccccc2C1)N(C)C. The van der Waals surface area contributed by atoms with E-state index in [1.54, 1.807) is 0 Å². The first-order valence-electron chi connectivity index (χ1n) is 9.50. The van der Waals surface area contributed by atoms with Gasteiger partial charge < -0.3 is 4.90 Å². The Morgan fingerprint density at radius 3 is 2.35 bits per heavy atom. The van der Waals surface area contributed by atoms with Crippen molar-refractivity contribution in [3.63, 3.8) is 0 Å². The molecule has 3 nitrogen and oxygen atoms in total. The number of hydrogen-bond acceptors (Lipinski definition) is 3. The fourth-order valence-corrected chi connectivity index (χ4v) is 4.07. The van der Waals surface area contributed by atoms with Crippen LogP contribution in [0.3, 0.4) is 0 Å². The first kappa shape index (κ1) is 18.6. The molecule has 1 unspecified atom stereocenters. The van der Waals surface area contributed by atoms with Gasteiger partial charge in [-0.15, -0.1) is 0 Å². The van der Waals surface area contributed by atoms with Crippen LogP contribution in [0.2, 0.25) is 0 Å². The molecule has 3 heteroatoms. The lowest BCUT2D eigenvalue weighted by molar-refractivity contribution is 0.183. The van der Waals surface area contributed by atoms with Crippen LogP contribution in [0, 0.1) is 17.2 Å². The highest BCUT2D eigenvalue weighted by Gasteiger charge is 2.31. The molecule has 0 aromatic heterocycles. The molecule has 0 saturated carbocycles. The van der Waals surface area contributed by atoms with Gasteiger partial charge in [0.15, 0.2) is 0 Å². The minimum atomic E-state index is -0.0277. The van der Waals surface area contributed by atoms with E-state index >= 15 is 0 Å². The standard InChI is InChI=1S/C23H29N3/c1-18(25(2)3)23(20-10-5-4-6-11-20)22(15-24)17-26-14-13-19-9-7-8-12-21(19)16-26/h4-12,18,22-23H,13-14,16-17H2,1-3H3/t18-,22?,23+/m0/s1. The van der Waals surface area contributed by atoms with E-state index in [1.807, 2.05) is 6.07 Å². The lowest BCUT2D eigenvalue weighted by Gasteiger charge is -2.36. The average Bonchev–Trinajstić information content (AvgIpc) is 2.68. The van der Waals surface area contributed by atoms with E-state index in [9.17, 15) is 5.26 Å². The molecule has 1 heterocycles. The molecule has 136 valence electrons. The van der Waals surface area contributed by atoms with Gasteiger partial charge in [-0.25, -0.2) is 0 Å². The van der Waals surface area contributed by atoms with E-state index < -0.39 is 0 Å². The van der Waals surface area contributed by atoms with Crippen molar-refractivity contribution in [1.29, 1.82) is 5.26 Å². The first-order valence-corrected chi connectivity index (χ1v) is 9.50. The Kier molecular flexibility index (Phi) is 6.08. The van der Waals surface area contributed by atoms with E-state index in [0.29, 0.717) is 6.04 Å². The lowest BCUT2D eigenvalue weighted by Crippen LogP contribution is -2.41. The smallest absolute Gasteiger partial charge is 0.0676 e. The minimum Gasteiger partial charge on any atom is -0.306 e. The molecular weight excluding hydrogens is 318 g/mol. The van der Waals surface area contributed by atoms with Gasteiger partial charge >= 0.3 is 0 Å². The summed E-state index contributed by atoms with van der Waals surface area (Å²) in [5, 5.41) is 10.0. The molecule has 3 atom stereocenters. The van der Waals surface area contributed by atoms with Crippen molar-refractivity contribution in [2.75, 3.05) is 27.2 Å². The number of rotatable bonds is 6. The number of likely N-dealkylation sites (N-methyl/N-ethyl adjacent to an activating group) is 1. The summed E-state index contributed by atoms with van der Waals surface area (Å²) in [5.74, 6) is 0.174. The summed E-state index contributed by atoms with van der Waals surface area (Å²) in [6, 6.07) is 22.2. The second kappa shape index (κ2) is 8.49. The number of nitriles is 1. The van der Waals surface area contributed by atoms with Crippen molar-refractivity contribution in [2.24, 2.45) is 5.92 Å². The highest BCUT2D eigenvalue weighted by Crippen LogP contribution is 2.32. The predicted molar refractivity (Wildman–Crippen MR) is 107 cm³/mol. The third-order valence-corrected chi connectivity index (χ3v) is 5.78. The molecule has 0 spiro atoms. The Morgan fingerprint density at radius 2 is 1.69 bits per heavy atom. The molecule has 2 aromatic carbocycles. The van der Waals surface area contributed by atoms with Crippen LogP contribution in [0.25, 0.3) is 0 Å². The second-order valence-corrected chi connectivity index (χ2v) is 7.63. The summed E-state index contributed by atoms with van der Waals surface area (Å²) in [5.41, 5.74) is 4.13. The average molecular weight is 348 g/mol. The number of fused-ring (bicyclic) bond motifs is 1. The summed E-state index contributed by atoms with van der Waals surface area (Å²) >= 11 is 0. The molecule has 0 N–H and O–H groups in total. The quantitative estimate of drug-likeness (QED) is 0.793. The maximum Gasteiger partial charge on any atom is 0.0676 e. The first-order chi connectivity index (χ1) is 12.6. The van der Waals surface area contributed by atoms with Gasteiger partial charge in [-0.2, -0.15) is 5.26 Å². The zero-order chi connectivity index (χ0) is 18.5. The largest absolute Gasteiger partial charge is 0.306 e. The molecule has 0 saturated heterocycles. The Bertz CT molecular complexity index is 748. The lowest BCUT2D eigenvalue weighted by atomic mass is 9.80. The molecule has 1 aliphatic heterocycles. The normalized spacial score (nSPS) is 18.0. The van der Waals surface area contributed by atoms with Gasteiger partial charge in [-0.3, -0.25) is 4.90 Å². The van der Waals surface area contributed by atoms with Crippen LogP contribution in [0.4, 0.5) is 0 Å². The van der Waals surface area contributed by atoms with Crippen LogP contribution in [-0.4, -0.2) is 43.0 Å². The molecular formula is C23H29N3. The summed E-state index contributed by atoms with van der Waals surface area (Å²) in [6.07, 6.45) is 1.08. The van der Waals surface area contributed by atoms with Crippen molar-refractivity contribution >= 4 is 0 Å². The molecule has 26 heavy (non-hydrogen) atoms. The van der Waals surface area contributed by atoms with Gasteiger partial charge in [0.05, 0.1) is 12.0 Å². The molecule has 1 aliphatic rings. The van der Waals surface area contributed by atoms with Crippen molar-refractivity contribution < 1.29 is 0 Å². The van der Waals surface area contributed by atoms with Crippen molar-refractivity contribution in [3.8, 4) is 6.07 Å². The van der Waals surface area contributed by atoms with Crippen LogP contribution < -0.4 is 0 Å². The van der Waals surface area contributed by atoms with Crippen molar-refractivity contribution in [3.05, 3.63) is 71.3 Å². The Balaban J connectivity index is 1.80. The van der Waals surface area contributed by atoms with Crippen LogP contribution in [0.15, 0.2) is 54.6 Å². The number of hydrogen-bond donors (Lipinski definition) is 0. The van der Waals surface area contributed by atoms with E-state index in [0.717, 1.165) is 26.1 Å². The monoisotopic (exact) mass is 347 g/mol. The highest BCUT2D eigenvalue weighted by atomic mass is 15.1. The van der Waals surface area contributed by atoms with E-state index in [4.69, 9.17) is 0 Å². The topological polar surface area (TPSA) is 30.3 Å². The fourth-order valence-electron chi connectivity index (χ4n) is 4.07. The minimum absolute atomic E-state index is 0.0277. The van der Waals surface area contributed by atoms with Gasteiger partial charge in [0, 0.05) is 31.6 Å². The number of nitrogens with zero attached hydrogens (tertiary/aromatic N) is 3. The fraction of sp³-hybridized carbons (Fsp3) is 0.435. The van der Waals surface area contributed by atoms with Crippen LogP contribution in [-0.2, 0) is 13.0 Å². The molecule has 0 amide bonds. The van der Waals surface area contributed by atoms with Gasteiger partial charge in [0.25, 0.3) is 0 Å². The summed E-state index contributed by atoms with van der Waals surface area (Å²) in [6.45, 7) is 5.04. The number of benzene rings is 2. The van der Waals surface area contributed by atoms with Gasteiger partial charge in [0.1, 0.15) is 0 Å². The van der Waals surface area contributed by atoms with Crippen molar-refractivity contribution in [2.45, 2.75) is 31.8 Å². The zero-order valence-electron chi connectivity index (χ0n) is 16.1. The third-order valence-electron chi connectivity index (χ3n) is 5.78. The Morgan fingerprint density at radius 1 is 1.04 bits per heavy atom. The van der Waals surface area contributed by atoms with Crippen LogP contribution >= 0.6 is 0 Å². The van der Waals surface area contributed by atoms with Gasteiger partial charge in [0.2, 0.25) is 0 Å². The van der Waals surface area contributed by atoms with Gasteiger partial charge in [-0.1, -0.05) is 54.6 Å². The Hall–Kier alpha value is -2.15. The highest BCUT2D eigenvalue weighted by molar-refractivity contribution is 5.29. The molecule has 3 rings (SSSR count). The maximum absolute atomic E-state index is 10.0. The summed E-state index contributed by atoms with van der Waals surface area (Å²) in [4.78, 5) is 4.68. The van der Waals surface area contributed by atoms with Gasteiger partial charge in [-0.05, 0) is 44.1 Å². The summed E-state index contributed by atoms with van der Waals surface area (Å²) in [7, 11) is 4.21. The molecule has 0 aliphatic carbocycles. The van der Waals surface area contributed by atoms with Crippen molar-refractivity contribution in [1.82, 2.24) is 9.80 Å². The second-order valence-electron chi connectivity index (χ2n) is 7.63. The van der Waals surface area contributed by atoms with E-state index in [2.05, 4.69) is 85.4 Å². The maximum atomic E-state index is 10.0. The summed E-state index contributed by atoms with van der Waals surface area (Å²) < 4.78 is 0. The molecule has 0 fully saturated rings. The van der Waals surface area contributed by atoms with Crippen LogP contribution in [0.5, 0.6) is 0 Å². The zero-order valence-corrected chi connectivity index (χ0v) is 16.1. The third kappa shape index (κ3) is 4.15. The molecule has 0 bridgehead atoms. The van der Waals surface area contributed by atoms with Crippen LogP contribution in [0.1, 0.15) is 29.5 Å². The van der Waals surface area contributed by atoms with E-state index in [-0.39, 0.29) is 11.8 Å². The van der Waals surface area contributed by atoms with E-state index in [1.165, 1.54) is 16.7 Å². The predicted octanol–water partition coefficient (Wildman–Crippen LogP) is 3.92.